The van der Waals surface area contributed by atoms with Crippen molar-refractivity contribution < 1.29 is 19.1 Å². The Kier molecular flexibility index (Phi) is 5.99. The monoisotopic (exact) mass is 285 g/mol. The quantitative estimate of drug-likeness (QED) is 0.740. The van der Waals surface area contributed by atoms with Gasteiger partial charge in [-0.05, 0) is 17.8 Å². The van der Waals surface area contributed by atoms with Crippen molar-refractivity contribution in [3.05, 3.63) is 0 Å². The molecule has 1 aliphatic rings. The van der Waals surface area contributed by atoms with Crippen molar-refractivity contribution in [2.45, 2.75) is 46.6 Å². The van der Waals surface area contributed by atoms with Crippen molar-refractivity contribution >= 4 is 11.9 Å². The van der Waals surface area contributed by atoms with Gasteiger partial charge in [-0.15, -0.1) is 0 Å². The molecule has 0 aromatic carbocycles. The number of ether oxygens (including phenoxy) is 2. The fraction of sp³-hybridized carbons (Fsp3) is 0.867. The van der Waals surface area contributed by atoms with E-state index in [0.717, 1.165) is 6.42 Å². The van der Waals surface area contributed by atoms with Gasteiger partial charge in [-0.2, -0.15) is 0 Å². The Morgan fingerprint density at radius 1 is 1.40 bits per heavy atom. The van der Waals surface area contributed by atoms with Crippen LogP contribution in [0, 0.1) is 11.3 Å². The highest BCUT2D eigenvalue weighted by molar-refractivity contribution is 5.85. The summed E-state index contributed by atoms with van der Waals surface area (Å²) in [6.45, 7) is 9.75. The highest BCUT2D eigenvalue weighted by Gasteiger charge is 2.34. The molecule has 1 heterocycles. The van der Waals surface area contributed by atoms with Crippen LogP contribution in [0.15, 0.2) is 0 Å². The minimum atomic E-state index is -0.594. The van der Waals surface area contributed by atoms with E-state index in [2.05, 4.69) is 27.7 Å². The summed E-state index contributed by atoms with van der Waals surface area (Å²) in [7, 11) is 1.34. The van der Waals surface area contributed by atoms with Crippen LogP contribution in [0.3, 0.4) is 0 Å². The topological polar surface area (TPSA) is 55.8 Å². The Hall–Kier alpha value is -1.10. The molecule has 0 N–H and O–H groups in total. The van der Waals surface area contributed by atoms with Crippen LogP contribution >= 0.6 is 0 Å². The fourth-order valence-electron chi connectivity index (χ4n) is 2.77. The molecule has 0 saturated carbocycles. The highest BCUT2D eigenvalue weighted by Crippen LogP contribution is 2.26. The van der Waals surface area contributed by atoms with Crippen molar-refractivity contribution in [2.24, 2.45) is 11.3 Å². The zero-order valence-electron chi connectivity index (χ0n) is 13.3. The number of methoxy groups -OCH3 is 1. The van der Waals surface area contributed by atoms with Gasteiger partial charge in [0.15, 0.2) is 6.04 Å². The summed E-state index contributed by atoms with van der Waals surface area (Å²) >= 11 is 0. The number of carbonyl (C=O) groups excluding carboxylic acids is 2. The van der Waals surface area contributed by atoms with Gasteiger partial charge in [0.1, 0.15) is 0 Å². The molecule has 2 unspecified atom stereocenters. The molecule has 2 atom stereocenters. The van der Waals surface area contributed by atoms with Crippen LogP contribution in [0.5, 0.6) is 0 Å². The first-order chi connectivity index (χ1) is 9.24. The molecule has 1 amide bonds. The number of carbonyl (C=O) groups is 2. The van der Waals surface area contributed by atoms with E-state index in [1.807, 2.05) is 0 Å². The van der Waals surface area contributed by atoms with Crippen LogP contribution in [0.4, 0.5) is 0 Å². The van der Waals surface area contributed by atoms with Crippen LogP contribution in [0.25, 0.3) is 0 Å². The maximum absolute atomic E-state index is 12.4. The predicted molar refractivity (Wildman–Crippen MR) is 76.2 cm³/mol. The molecule has 1 aliphatic heterocycles. The van der Waals surface area contributed by atoms with Gasteiger partial charge in [-0.25, -0.2) is 4.79 Å². The number of nitrogens with zero attached hydrogens (tertiary/aromatic N) is 1. The molecular weight excluding hydrogens is 258 g/mol. The molecule has 20 heavy (non-hydrogen) atoms. The molecule has 5 nitrogen and oxygen atoms in total. The molecule has 0 aliphatic carbocycles. The summed E-state index contributed by atoms with van der Waals surface area (Å²) in [5.41, 5.74) is 0.201. The Morgan fingerprint density at radius 2 is 2.05 bits per heavy atom. The molecule has 0 spiro atoms. The second-order valence-electron chi connectivity index (χ2n) is 6.78. The molecular formula is C15H27NO4. The average molecular weight is 285 g/mol. The molecule has 1 saturated heterocycles. The number of morpholine rings is 1. The summed E-state index contributed by atoms with van der Waals surface area (Å²) in [5.74, 6) is -0.0920. The van der Waals surface area contributed by atoms with Crippen LogP contribution in [-0.4, -0.2) is 49.7 Å². The van der Waals surface area contributed by atoms with E-state index < -0.39 is 12.0 Å². The zero-order chi connectivity index (χ0) is 15.3. The summed E-state index contributed by atoms with van der Waals surface area (Å²) in [6, 6.07) is -0.594. The number of amides is 1. The van der Waals surface area contributed by atoms with Gasteiger partial charge in [0.05, 0.1) is 20.3 Å². The van der Waals surface area contributed by atoms with Crippen LogP contribution < -0.4 is 0 Å². The lowest BCUT2D eigenvalue weighted by atomic mass is 9.84. The van der Waals surface area contributed by atoms with Crippen molar-refractivity contribution in [1.82, 2.24) is 4.90 Å². The second kappa shape index (κ2) is 7.07. The summed E-state index contributed by atoms with van der Waals surface area (Å²) in [5, 5.41) is 0. The van der Waals surface area contributed by atoms with E-state index in [9.17, 15) is 9.59 Å². The third kappa shape index (κ3) is 5.12. The Bertz CT molecular complexity index is 348. The summed E-state index contributed by atoms with van der Waals surface area (Å²) in [6.07, 6.45) is 1.44. The van der Waals surface area contributed by atoms with E-state index >= 15 is 0 Å². The lowest BCUT2D eigenvalue weighted by Gasteiger charge is -2.34. The van der Waals surface area contributed by atoms with Gasteiger partial charge in [-0.1, -0.05) is 27.7 Å². The molecule has 0 bridgehead atoms. The molecule has 0 aromatic rings. The molecule has 1 rings (SSSR count). The third-order valence-electron chi connectivity index (χ3n) is 3.41. The summed E-state index contributed by atoms with van der Waals surface area (Å²) in [4.78, 5) is 25.7. The van der Waals surface area contributed by atoms with E-state index in [1.54, 1.807) is 4.90 Å². The number of rotatable bonds is 4. The second-order valence-corrected chi connectivity index (χ2v) is 6.78. The standard InChI is InChI=1S/C15H27NO4/c1-11(9-15(2,3)4)8-13(17)16-6-7-20-10-12(16)14(18)19-5/h11-12H,6-10H2,1-5H3. The molecule has 0 radical (unpaired) electrons. The van der Waals surface area contributed by atoms with E-state index in [1.165, 1.54) is 7.11 Å². The molecule has 0 aromatic heterocycles. The minimum absolute atomic E-state index is 0.0143. The van der Waals surface area contributed by atoms with Gasteiger partial charge >= 0.3 is 5.97 Å². The summed E-state index contributed by atoms with van der Waals surface area (Å²) < 4.78 is 10.0. The van der Waals surface area contributed by atoms with Crippen LogP contribution in [0.1, 0.15) is 40.5 Å². The van der Waals surface area contributed by atoms with Crippen LogP contribution in [0.2, 0.25) is 0 Å². The first kappa shape index (κ1) is 17.0. The van der Waals surface area contributed by atoms with Gasteiger partial charge in [-0.3, -0.25) is 4.79 Å². The van der Waals surface area contributed by atoms with Crippen LogP contribution in [-0.2, 0) is 19.1 Å². The van der Waals surface area contributed by atoms with E-state index in [4.69, 9.17) is 9.47 Å². The Morgan fingerprint density at radius 3 is 2.60 bits per heavy atom. The maximum Gasteiger partial charge on any atom is 0.331 e. The number of esters is 1. The number of hydrogen-bond donors (Lipinski definition) is 0. The average Bonchev–Trinajstić information content (AvgIpc) is 2.35. The highest BCUT2D eigenvalue weighted by atomic mass is 16.5. The Balaban J connectivity index is 2.61. The maximum atomic E-state index is 12.4. The van der Waals surface area contributed by atoms with E-state index in [-0.39, 0.29) is 17.9 Å². The molecule has 116 valence electrons. The lowest BCUT2D eigenvalue weighted by molar-refractivity contribution is -0.161. The fourth-order valence-corrected chi connectivity index (χ4v) is 2.77. The Labute approximate surface area is 121 Å². The SMILES string of the molecule is COC(=O)C1COCCN1C(=O)CC(C)CC(C)(C)C. The predicted octanol–water partition coefficient (Wildman–Crippen LogP) is 1.85. The molecule has 1 fully saturated rings. The van der Waals surface area contributed by atoms with Crippen molar-refractivity contribution in [3.8, 4) is 0 Å². The van der Waals surface area contributed by atoms with E-state index in [0.29, 0.717) is 25.5 Å². The van der Waals surface area contributed by atoms with Gasteiger partial charge in [0, 0.05) is 13.0 Å². The first-order valence-corrected chi connectivity index (χ1v) is 7.19. The zero-order valence-corrected chi connectivity index (χ0v) is 13.3. The third-order valence-corrected chi connectivity index (χ3v) is 3.41. The smallest absolute Gasteiger partial charge is 0.331 e. The van der Waals surface area contributed by atoms with Crippen molar-refractivity contribution in [2.75, 3.05) is 26.9 Å². The van der Waals surface area contributed by atoms with Crippen molar-refractivity contribution in [3.63, 3.8) is 0 Å². The van der Waals surface area contributed by atoms with Crippen molar-refractivity contribution in [1.29, 1.82) is 0 Å². The lowest BCUT2D eigenvalue weighted by Crippen LogP contribution is -2.53. The molecule has 5 heteroatoms. The normalized spacial score (nSPS) is 21.4. The minimum Gasteiger partial charge on any atom is -0.467 e. The van der Waals surface area contributed by atoms with Gasteiger partial charge in [0.25, 0.3) is 0 Å². The largest absolute Gasteiger partial charge is 0.467 e. The van der Waals surface area contributed by atoms with Gasteiger partial charge < -0.3 is 14.4 Å². The number of hydrogen-bond acceptors (Lipinski definition) is 4. The van der Waals surface area contributed by atoms with Gasteiger partial charge in [0.2, 0.25) is 5.91 Å². The first-order valence-electron chi connectivity index (χ1n) is 7.19.